The van der Waals surface area contributed by atoms with E-state index in [0.29, 0.717) is 38.9 Å². The SMILES string of the molecule is [C-]#[N+]c1cc(-c2ccc(-n3c4cc(C)ccc4c4ccc(C)cc43)c(C(F)(F)F)c2-n2c3cc(C)ccc3c3ccc(C)cc32)cc(C(F)(F)F)c1. The van der Waals surface area contributed by atoms with E-state index in [9.17, 15) is 13.2 Å². The van der Waals surface area contributed by atoms with Gasteiger partial charge in [-0.05, 0) is 104 Å². The van der Waals surface area contributed by atoms with Crippen LogP contribution in [0.25, 0.3) is 71.0 Å². The first-order chi connectivity index (χ1) is 24.6. The Kier molecular flexibility index (Phi) is 7.33. The van der Waals surface area contributed by atoms with Crippen molar-refractivity contribution in [2.24, 2.45) is 0 Å². The van der Waals surface area contributed by atoms with Crippen molar-refractivity contribution in [3.63, 3.8) is 0 Å². The summed E-state index contributed by atoms with van der Waals surface area (Å²) in [7, 11) is 0. The molecule has 0 aliphatic carbocycles. The third kappa shape index (κ3) is 5.20. The highest BCUT2D eigenvalue weighted by Gasteiger charge is 2.41. The van der Waals surface area contributed by atoms with Crippen molar-refractivity contribution in [2.45, 2.75) is 40.0 Å². The molecule has 0 radical (unpaired) electrons. The molecule has 0 fully saturated rings. The third-order valence-corrected chi connectivity index (χ3v) is 9.75. The molecule has 0 saturated carbocycles. The molecule has 0 aliphatic heterocycles. The fraction of sp³-hybridized carbons (Fsp3) is 0.140. The van der Waals surface area contributed by atoms with E-state index in [2.05, 4.69) is 4.85 Å². The largest absolute Gasteiger partial charge is 0.420 e. The Hall–Kier alpha value is -6.01. The maximum atomic E-state index is 16.3. The zero-order chi connectivity index (χ0) is 36.9. The van der Waals surface area contributed by atoms with E-state index in [1.807, 2.05) is 88.4 Å². The van der Waals surface area contributed by atoms with E-state index in [-0.39, 0.29) is 28.2 Å². The molecule has 0 N–H and O–H groups in total. The molecule has 6 aromatic carbocycles. The fourth-order valence-electron chi connectivity index (χ4n) is 7.48. The summed E-state index contributed by atoms with van der Waals surface area (Å²) in [5, 5.41) is 2.92. The van der Waals surface area contributed by atoms with Crippen molar-refractivity contribution < 1.29 is 26.3 Å². The number of rotatable bonds is 3. The predicted octanol–water partition coefficient (Wildman–Crippen LogP) is 13.4. The zero-order valence-corrected chi connectivity index (χ0v) is 28.4. The van der Waals surface area contributed by atoms with Crippen LogP contribution in [0, 0.1) is 34.3 Å². The number of hydrogen-bond donors (Lipinski definition) is 0. The zero-order valence-electron chi connectivity index (χ0n) is 28.4. The number of hydrogen-bond acceptors (Lipinski definition) is 0. The molecule has 8 aromatic rings. The summed E-state index contributed by atoms with van der Waals surface area (Å²) in [5.74, 6) is 0. The Morgan fingerprint density at radius 3 is 1.35 bits per heavy atom. The molecule has 52 heavy (non-hydrogen) atoms. The smallest absolute Gasteiger partial charge is 0.309 e. The minimum Gasteiger partial charge on any atom is -0.309 e. The first kappa shape index (κ1) is 33.2. The normalized spacial score (nSPS) is 12.4. The van der Waals surface area contributed by atoms with Gasteiger partial charge in [0.15, 0.2) is 5.69 Å². The van der Waals surface area contributed by atoms with E-state index >= 15 is 13.2 Å². The van der Waals surface area contributed by atoms with Crippen LogP contribution in [0.15, 0.2) is 103 Å². The molecule has 2 aromatic heterocycles. The van der Waals surface area contributed by atoms with E-state index in [1.165, 1.54) is 22.8 Å². The Bertz CT molecular complexity index is 2710. The minimum absolute atomic E-state index is 0.0954. The second kappa shape index (κ2) is 11.5. The standard InChI is InChI=1S/C43H29F6N3/c1-23-6-10-31-32-11-7-24(2)17-37(32)51(36(31)16-23)35-15-14-30(27-20-28(42(44,45)46)22-29(21-27)50-5)41(40(35)43(47,48)49)52-38-18-25(3)8-12-33(38)34-13-9-26(4)19-39(34)52/h6-22H,1-4H3. The summed E-state index contributed by atoms with van der Waals surface area (Å²) in [6.07, 6.45) is -9.85. The summed E-state index contributed by atoms with van der Waals surface area (Å²) < 4.78 is 94.7. The lowest BCUT2D eigenvalue weighted by molar-refractivity contribution is -0.138. The average molecular weight is 702 g/mol. The molecule has 258 valence electrons. The second-order valence-electron chi connectivity index (χ2n) is 13.5. The van der Waals surface area contributed by atoms with E-state index in [0.717, 1.165) is 39.1 Å². The average Bonchev–Trinajstić information content (AvgIpc) is 3.56. The van der Waals surface area contributed by atoms with Gasteiger partial charge in [-0.3, -0.25) is 0 Å². The number of aromatic nitrogens is 2. The van der Waals surface area contributed by atoms with Crippen LogP contribution >= 0.6 is 0 Å². The van der Waals surface area contributed by atoms with Gasteiger partial charge in [0, 0.05) is 32.7 Å². The number of alkyl halides is 6. The van der Waals surface area contributed by atoms with Gasteiger partial charge in [-0.25, -0.2) is 4.85 Å². The molecule has 0 bridgehead atoms. The molecule has 0 saturated heterocycles. The third-order valence-electron chi connectivity index (χ3n) is 9.75. The molecule has 8 rings (SSSR count). The van der Waals surface area contributed by atoms with Crippen molar-refractivity contribution >= 4 is 49.3 Å². The lowest BCUT2D eigenvalue weighted by Crippen LogP contribution is -2.17. The summed E-state index contributed by atoms with van der Waals surface area (Å²) >= 11 is 0. The van der Waals surface area contributed by atoms with Gasteiger partial charge in [0.2, 0.25) is 0 Å². The molecular formula is C43H29F6N3. The molecule has 3 nitrogen and oxygen atoms in total. The Labute approximate surface area is 294 Å². The summed E-state index contributed by atoms with van der Waals surface area (Å²) in [4.78, 5) is 3.28. The Balaban J connectivity index is 1.64. The van der Waals surface area contributed by atoms with Crippen LogP contribution in [-0.4, -0.2) is 9.13 Å². The predicted molar refractivity (Wildman–Crippen MR) is 196 cm³/mol. The van der Waals surface area contributed by atoms with Gasteiger partial charge in [-0.1, -0.05) is 54.6 Å². The van der Waals surface area contributed by atoms with Crippen molar-refractivity contribution in [1.82, 2.24) is 9.13 Å². The topological polar surface area (TPSA) is 14.2 Å². The number of nitrogens with zero attached hydrogens (tertiary/aromatic N) is 3. The quantitative estimate of drug-likeness (QED) is 0.129. The van der Waals surface area contributed by atoms with Gasteiger partial charge in [0.05, 0.1) is 40.0 Å². The minimum atomic E-state index is -5.00. The molecule has 0 aliphatic rings. The maximum absolute atomic E-state index is 16.3. The van der Waals surface area contributed by atoms with E-state index in [4.69, 9.17) is 6.57 Å². The van der Waals surface area contributed by atoms with Crippen LogP contribution in [0.1, 0.15) is 33.4 Å². The van der Waals surface area contributed by atoms with Gasteiger partial charge >= 0.3 is 12.4 Å². The van der Waals surface area contributed by atoms with Crippen LogP contribution in [-0.2, 0) is 12.4 Å². The first-order valence-electron chi connectivity index (χ1n) is 16.5. The lowest BCUT2D eigenvalue weighted by Gasteiger charge is -2.25. The summed E-state index contributed by atoms with van der Waals surface area (Å²) in [6.45, 7) is 15.0. The second-order valence-corrected chi connectivity index (χ2v) is 13.5. The number of aryl methyl sites for hydroxylation is 4. The van der Waals surface area contributed by atoms with E-state index < -0.39 is 23.5 Å². The van der Waals surface area contributed by atoms with Crippen molar-refractivity contribution in [1.29, 1.82) is 0 Å². The fourth-order valence-corrected chi connectivity index (χ4v) is 7.48. The Morgan fingerprint density at radius 1 is 0.500 bits per heavy atom. The van der Waals surface area contributed by atoms with Crippen LogP contribution in [0.2, 0.25) is 0 Å². The number of fused-ring (bicyclic) bond motifs is 6. The summed E-state index contributed by atoms with van der Waals surface area (Å²) in [5.41, 5.74) is 2.12. The first-order valence-corrected chi connectivity index (χ1v) is 16.5. The highest BCUT2D eigenvalue weighted by atomic mass is 19.4. The molecule has 0 amide bonds. The van der Waals surface area contributed by atoms with Crippen LogP contribution in [0.3, 0.4) is 0 Å². The molecule has 0 atom stereocenters. The molecule has 0 unspecified atom stereocenters. The highest BCUT2D eigenvalue weighted by molar-refractivity contribution is 6.12. The summed E-state index contributed by atoms with van der Waals surface area (Å²) in [6, 6.07) is 27.9. The van der Waals surface area contributed by atoms with Gasteiger partial charge < -0.3 is 9.13 Å². The number of benzene rings is 6. The van der Waals surface area contributed by atoms with Crippen LogP contribution in [0.5, 0.6) is 0 Å². The molecule has 2 heterocycles. The van der Waals surface area contributed by atoms with Gasteiger partial charge in [0.25, 0.3) is 0 Å². The number of halogens is 6. The van der Waals surface area contributed by atoms with E-state index in [1.54, 1.807) is 16.7 Å². The maximum Gasteiger partial charge on any atom is 0.420 e. The van der Waals surface area contributed by atoms with Crippen molar-refractivity contribution in [3.05, 3.63) is 148 Å². The lowest BCUT2D eigenvalue weighted by atomic mass is 9.95. The molecule has 0 spiro atoms. The van der Waals surface area contributed by atoms with Crippen LogP contribution in [0.4, 0.5) is 32.0 Å². The van der Waals surface area contributed by atoms with Crippen molar-refractivity contribution in [3.8, 4) is 22.5 Å². The Morgan fingerprint density at radius 2 is 0.942 bits per heavy atom. The van der Waals surface area contributed by atoms with Crippen molar-refractivity contribution in [2.75, 3.05) is 0 Å². The monoisotopic (exact) mass is 701 g/mol. The highest BCUT2D eigenvalue weighted by Crippen LogP contribution is 2.49. The van der Waals surface area contributed by atoms with Gasteiger partial charge in [-0.2, -0.15) is 26.3 Å². The van der Waals surface area contributed by atoms with Gasteiger partial charge in [0.1, 0.15) is 5.56 Å². The molecule has 9 heteroatoms. The van der Waals surface area contributed by atoms with Gasteiger partial charge in [-0.15, -0.1) is 0 Å². The van der Waals surface area contributed by atoms with Crippen LogP contribution < -0.4 is 0 Å². The molecular weight excluding hydrogens is 672 g/mol.